The fourth-order valence-corrected chi connectivity index (χ4v) is 3.84. The topological polar surface area (TPSA) is 38.5 Å². The van der Waals surface area contributed by atoms with Crippen LogP contribution in [0.2, 0.25) is 0 Å². The van der Waals surface area contributed by atoms with Gasteiger partial charge in [0.2, 0.25) is 0 Å². The summed E-state index contributed by atoms with van der Waals surface area (Å²) in [6, 6.07) is 0.575. The van der Waals surface area contributed by atoms with Gasteiger partial charge in [0.25, 0.3) is 0 Å². The maximum Gasteiger partial charge on any atom is 0.0590 e. The van der Waals surface area contributed by atoms with Crippen molar-refractivity contribution in [3.8, 4) is 0 Å². The Morgan fingerprint density at radius 3 is 2.63 bits per heavy atom. The summed E-state index contributed by atoms with van der Waals surface area (Å²) in [7, 11) is 1.79. The van der Waals surface area contributed by atoms with Crippen LogP contribution in [-0.2, 0) is 4.74 Å². The third-order valence-electron chi connectivity index (χ3n) is 5.55. The second kappa shape index (κ2) is 7.61. The van der Waals surface area contributed by atoms with Gasteiger partial charge >= 0.3 is 0 Å². The third kappa shape index (κ3) is 3.50. The number of methoxy groups -OCH3 is 1. The molecule has 0 heterocycles. The fourth-order valence-electron chi connectivity index (χ4n) is 3.84. The van der Waals surface area contributed by atoms with Gasteiger partial charge in [-0.2, -0.15) is 0 Å². The number of nitrogens with two attached hydrogens (primary N) is 1. The van der Waals surface area contributed by atoms with Crippen molar-refractivity contribution in [2.45, 2.75) is 65.0 Å². The van der Waals surface area contributed by atoms with E-state index in [9.17, 15) is 0 Å². The van der Waals surface area contributed by atoms with Gasteiger partial charge in [0.1, 0.15) is 0 Å². The van der Waals surface area contributed by atoms with E-state index in [0.717, 1.165) is 25.6 Å². The van der Waals surface area contributed by atoms with E-state index in [-0.39, 0.29) is 5.54 Å². The second-order valence-corrected chi connectivity index (χ2v) is 6.41. The maximum atomic E-state index is 6.27. The summed E-state index contributed by atoms with van der Waals surface area (Å²) in [5.41, 5.74) is 6.45. The zero-order chi connectivity index (χ0) is 14.5. The quantitative estimate of drug-likeness (QED) is 0.773. The number of nitrogens with zero attached hydrogens (tertiary/aromatic N) is 1. The molecule has 1 aliphatic carbocycles. The van der Waals surface area contributed by atoms with Gasteiger partial charge in [0.15, 0.2) is 0 Å². The third-order valence-corrected chi connectivity index (χ3v) is 5.55. The van der Waals surface area contributed by atoms with Crippen LogP contribution < -0.4 is 5.73 Å². The predicted octanol–water partition coefficient (Wildman–Crippen LogP) is 2.89. The zero-order valence-electron chi connectivity index (χ0n) is 13.6. The summed E-state index contributed by atoms with van der Waals surface area (Å²) >= 11 is 0. The highest BCUT2D eigenvalue weighted by molar-refractivity contribution is 5.01. The van der Waals surface area contributed by atoms with Crippen molar-refractivity contribution < 1.29 is 4.74 Å². The molecule has 0 aromatic carbocycles. The first-order valence-electron chi connectivity index (χ1n) is 7.99. The van der Waals surface area contributed by atoms with Crippen molar-refractivity contribution in [3.05, 3.63) is 0 Å². The van der Waals surface area contributed by atoms with E-state index in [2.05, 4.69) is 32.6 Å². The first-order valence-corrected chi connectivity index (χ1v) is 7.99. The van der Waals surface area contributed by atoms with E-state index in [1.54, 1.807) is 7.11 Å². The summed E-state index contributed by atoms with van der Waals surface area (Å²) in [5.74, 6) is 1.43. The normalized spacial score (nSPS) is 33.6. The molecule has 4 atom stereocenters. The Morgan fingerprint density at radius 2 is 2.11 bits per heavy atom. The van der Waals surface area contributed by atoms with E-state index in [1.165, 1.54) is 25.7 Å². The van der Waals surface area contributed by atoms with Gasteiger partial charge in [-0.25, -0.2) is 0 Å². The molecule has 0 aromatic heterocycles. The second-order valence-electron chi connectivity index (χ2n) is 6.41. The lowest BCUT2D eigenvalue weighted by Crippen LogP contribution is -2.63. The average Bonchev–Trinajstić information content (AvgIpc) is 2.43. The Kier molecular flexibility index (Phi) is 6.78. The monoisotopic (exact) mass is 270 g/mol. The fraction of sp³-hybridized carbons (Fsp3) is 1.00. The van der Waals surface area contributed by atoms with E-state index < -0.39 is 0 Å². The maximum absolute atomic E-state index is 6.27. The Morgan fingerprint density at radius 1 is 1.42 bits per heavy atom. The number of ether oxygens (including phenoxy) is 1. The summed E-state index contributed by atoms with van der Waals surface area (Å²) in [4.78, 5) is 2.65. The van der Waals surface area contributed by atoms with Gasteiger partial charge in [-0.05, 0) is 31.6 Å². The molecule has 1 rings (SSSR count). The van der Waals surface area contributed by atoms with Crippen molar-refractivity contribution in [2.24, 2.45) is 17.6 Å². The molecule has 3 nitrogen and oxygen atoms in total. The molecule has 0 saturated heterocycles. The van der Waals surface area contributed by atoms with Gasteiger partial charge < -0.3 is 10.5 Å². The lowest BCUT2D eigenvalue weighted by molar-refractivity contribution is -0.0456. The molecule has 0 aromatic rings. The molecule has 1 fully saturated rings. The lowest BCUT2D eigenvalue weighted by atomic mass is 9.67. The van der Waals surface area contributed by atoms with Crippen molar-refractivity contribution in [2.75, 3.05) is 26.8 Å². The first-order chi connectivity index (χ1) is 9.03. The molecule has 114 valence electrons. The summed E-state index contributed by atoms with van der Waals surface area (Å²) in [6.45, 7) is 12.0. The van der Waals surface area contributed by atoms with Gasteiger partial charge in [-0.3, -0.25) is 4.90 Å². The van der Waals surface area contributed by atoms with Crippen molar-refractivity contribution in [1.29, 1.82) is 0 Å². The van der Waals surface area contributed by atoms with Crippen molar-refractivity contribution >= 4 is 0 Å². The van der Waals surface area contributed by atoms with Gasteiger partial charge in [-0.1, -0.05) is 33.6 Å². The molecule has 0 spiro atoms. The molecular weight excluding hydrogens is 236 g/mol. The molecule has 0 radical (unpaired) electrons. The van der Waals surface area contributed by atoms with Crippen LogP contribution in [0.3, 0.4) is 0 Å². The van der Waals surface area contributed by atoms with Crippen molar-refractivity contribution in [3.63, 3.8) is 0 Å². The van der Waals surface area contributed by atoms with Crippen LogP contribution in [0.15, 0.2) is 0 Å². The van der Waals surface area contributed by atoms with E-state index in [4.69, 9.17) is 10.5 Å². The molecular formula is C16H34N2O. The summed E-state index contributed by atoms with van der Waals surface area (Å²) in [6.07, 6.45) is 5.07. The molecule has 0 amide bonds. The van der Waals surface area contributed by atoms with Gasteiger partial charge in [-0.15, -0.1) is 0 Å². The zero-order valence-corrected chi connectivity index (χ0v) is 13.6. The Labute approximate surface area is 119 Å². The molecule has 19 heavy (non-hydrogen) atoms. The Hall–Kier alpha value is -0.120. The Bertz CT molecular complexity index is 259. The van der Waals surface area contributed by atoms with Crippen LogP contribution >= 0.6 is 0 Å². The van der Waals surface area contributed by atoms with Crippen LogP contribution in [0.25, 0.3) is 0 Å². The highest BCUT2D eigenvalue weighted by atomic mass is 16.5. The van der Waals surface area contributed by atoms with E-state index in [0.29, 0.717) is 12.0 Å². The molecule has 0 aliphatic heterocycles. The molecule has 3 heteroatoms. The van der Waals surface area contributed by atoms with Crippen LogP contribution in [0.4, 0.5) is 0 Å². The Balaban J connectivity index is 2.98. The minimum atomic E-state index is 0.172. The van der Waals surface area contributed by atoms with Crippen LogP contribution in [0.1, 0.15) is 53.4 Å². The first kappa shape index (κ1) is 16.9. The molecule has 1 aliphatic rings. The molecule has 4 unspecified atom stereocenters. The SMILES string of the molecule is CCC(C)N(CCOC)C1(CN)CCCC(C)C1C. The van der Waals surface area contributed by atoms with Crippen molar-refractivity contribution in [1.82, 2.24) is 4.90 Å². The molecule has 2 N–H and O–H groups in total. The smallest absolute Gasteiger partial charge is 0.0590 e. The molecule has 0 bridgehead atoms. The number of hydrogen-bond acceptors (Lipinski definition) is 3. The molecule has 1 saturated carbocycles. The van der Waals surface area contributed by atoms with Crippen LogP contribution in [-0.4, -0.2) is 43.3 Å². The number of hydrogen-bond donors (Lipinski definition) is 1. The van der Waals surface area contributed by atoms with E-state index in [1.807, 2.05) is 0 Å². The van der Waals surface area contributed by atoms with Crippen LogP contribution in [0, 0.1) is 11.8 Å². The minimum Gasteiger partial charge on any atom is -0.383 e. The van der Waals surface area contributed by atoms with Gasteiger partial charge in [0.05, 0.1) is 6.61 Å². The summed E-state index contributed by atoms with van der Waals surface area (Å²) in [5, 5.41) is 0. The lowest BCUT2D eigenvalue weighted by Gasteiger charge is -2.54. The highest BCUT2D eigenvalue weighted by Gasteiger charge is 2.45. The van der Waals surface area contributed by atoms with Crippen LogP contribution in [0.5, 0.6) is 0 Å². The predicted molar refractivity (Wildman–Crippen MR) is 82.3 cm³/mol. The van der Waals surface area contributed by atoms with E-state index >= 15 is 0 Å². The highest BCUT2D eigenvalue weighted by Crippen LogP contribution is 2.42. The largest absolute Gasteiger partial charge is 0.383 e. The minimum absolute atomic E-state index is 0.172. The standard InChI is InChI=1S/C16H34N2O/c1-6-14(3)18(10-11-19-5)16(12-17)9-7-8-13(2)15(16)4/h13-15H,6-12,17H2,1-5H3. The summed E-state index contributed by atoms with van der Waals surface area (Å²) < 4.78 is 5.33. The number of rotatable bonds is 7. The van der Waals surface area contributed by atoms with Gasteiger partial charge in [0, 0.05) is 31.8 Å². The average molecular weight is 270 g/mol.